The quantitative estimate of drug-likeness (QED) is 0.772. The SMILES string of the molecule is CCC(C#N)S(=O)(=O)NC1CCC(C(=O)O)CC1. The van der Waals surface area contributed by atoms with Crippen molar-refractivity contribution in [1.82, 2.24) is 4.72 Å². The van der Waals surface area contributed by atoms with Gasteiger partial charge in [0.25, 0.3) is 0 Å². The molecule has 1 atom stereocenters. The molecule has 0 saturated heterocycles. The first-order chi connectivity index (χ1) is 8.40. The Hall–Kier alpha value is -1.13. The van der Waals surface area contributed by atoms with Crippen LogP contribution in [0.25, 0.3) is 0 Å². The van der Waals surface area contributed by atoms with E-state index in [4.69, 9.17) is 10.4 Å². The smallest absolute Gasteiger partial charge is 0.306 e. The maximum absolute atomic E-state index is 11.8. The molecular formula is C11H18N2O4S. The van der Waals surface area contributed by atoms with E-state index in [0.717, 1.165) is 0 Å². The average Bonchev–Trinajstić information content (AvgIpc) is 2.30. The molecule has 0 aromatic rings. The van der Waals surface area contributed by atoms with Crippen LogP contribution in [0.4, 0.5) is 0 Å². The maximum Gasteiger partial charge on any atom is 0.306 e. The van der Waals surface area contributed by atoms with Crippen molar-refractivity contribution in [3.8, 4) is 6.07 Å². The third kappa shape index (κ3) is 3.68. The summed E-state index contributed by atoms with van der Waals surface area (Å²) in [6.45, 7) is 1.65. The highest BCUT2D eigenvalue weighted by Crippen LogP contribution is 2.25. The molecule has 1 aliphatic carbocycles. The van der Waals surface area contributed by atoms with Gasteiger partial charge >= 0.3 is 5.97 Å². The van der Waals surface area contributed by atoms with E-state index < -0.39 is 21.2 Å². The van der Waals surface area contributed by atoms with Crippen molar-refractivity contribution in [2.75, 3.05) is 0 Å². The Morgan fingerprint density at radius 2 is 2.00 bits per heavy atom. The first kappa shape index (κ1) is 14.9. The van der Waals surface area contributed by atoms with Gasteiger partial charge in [-0.3, -0.25) is 4.79 Å². The van der Waals surface area contributed by atoms with Crippen LogP contribution in [0.2, 0.25) is 0 Å². The molecule has 0 aromatic carbocycles. The molecule has 0 radical (unpaired) electrons. The summed E-state index contributed by atoms with van der Waals surface area (Å²) >= 11 is 0. The van der Waals surface area contributed by atoms with Gasteiger partial charge in [-0.15, -0.1) is 0 Å². The zero-order valence-corrected chi connectivity index (χ0v) is 11.1. The van der Waals surface area contributed by atoms with Gasteiger partial charge in [-0.05, 0) is 32.1 Å². The van der Waals surface area contributed by atoms with Crippen molar-refractivity contribution in [3.63, 3.8) is 0 Å². The minimum atomic E-state index is -3.62. The first-order valence-electron chi connectivity index (χ1n) is 6.04. The molecule has 0 amide bonds. The monoisotopic (exact) mass is 274 g/mol. The standard InChI is InChI=1S/C11H18N2O4S/c1-2-10(7-12)18(16,17)13-9-5-3-8(4-6-9)11(14)15/h8-10,13H,2-6H2,1H3,(H,14,15). The van der Waals surface area contributed by atoms with Gasteiger partial charge in [0.15, 0.2) is 5.25 Å². The highest BCUT2D eigenvalue weighted by Gasteiger charge is 2.31. The van der Waals surface area contributed by atoms with Gasteiger partial charge in [0.05, 0.1) is 12.0 Å². The van der Waals surface area contributed by atoms with E-state index in [-0.39, 0.29) is 18.4 Å². The van der Waals surface area contributed by atoms with Gasteiger partial charge < -0.3 is 5.11 Å². The number of nitrogens with zero attached hydrogens (tertiary/aromatic N) is 1. The van der Waals surface area contributed by atoms with Gasteiger partial charge in [-0.25, -0.2) is 13.1 Å². The summed E-state index contributed by atoms with van der Waals surface area (Å²) in [4.78, 5) is 10.8. The zero-order valence-electron chi connectivity index (χ0n) is 10.3. The van der Waals surface area contributed by atoms with Crippen molar-refractivity contribution >= 4 is 16.0 Å². The zero-order chi connectivity index (χ0) is 13.8. The molecule has 1 aliphatic rings. The molecule has 1 unspecified atom stereocenters. The summed E-state index contributed by atoms with van der Waals surface area (Å²) in [5, 5.41) is 16.6. The number of sulfonamides is 1. The van der Waals surface area contributed by atoms with Crippen LogP contribution in [-0.2, 0) is 14.8 Å². The molecule has 18 heavy (non-hydrogen) atoms. The summed E-state index contributed by atoms with van der Waals surface area (Å²) < 4.78 is 26.2. The summed E-state index contributed by atoms with van der Waals surface area (Å²) in [6.07, 6.45) is 2.23. The number of aliphatic carboxylic acids is 1. The van der Waals surface area contributed by atoms with Crippen molar-refractivity contribution in [1.29, 1.82) is 5.26 Å². The van der Waals surface area contributed by atoms with Crippen LogP contribution in [0.3, 0.4) is 0 Å². The molecule has 0 aromatic heterocycles. The summed E-state index contributed by atoms with van der Waals surface area (Å²) in [6, 6.07) is 1.52. The lowest BCUT2D eigenvalue weighted by atomic mass is 9.87. The average molecular weight is 274 g/mol. The maximum atomic E-state index is 11.8. The lowest BCUT2D eigenvalue weighted by Crippen LogP contribution is -2.42. The van der Waals surface area contributed by atoms with E-state index in [1.54, 1.807) is 13.0 Å². The Labute approximate surface area is 107 Å². The van der Waals surface area contributed by atoms with E-state index in [9.17, 15) is 13.2 Å². The lowest BCUT2D eigenvalue weighted by Gasteiger charge is -2.27. The third-order valence-corrected chi connectivity index (χ3v) is 5.15. The summed E-state index contributed by atoms with van der Waals surface area (Å²) in [7, 11) is -3.62. The van der Waals surface area contributed by atoms with E-state index in [0.29, 0.717) is 25.7 Å². The molecule has 0 aliphatic heterocycles. The number of hydrogen-bond acceptors (Lipinski definition) is 4. The predicted molar refractivity (Wildman–Crippen MR) is 65.1 cm³/mol. The van der Waals surface area contributed by atoms with Crippen LogP contribution < -0.4 is 4.72 Å². The van der Waals surface area contributed by atoms with Crippen LogP contribution in [0.5, 0.6) is 0 Å². The second kappa shape index (κ2) is 6.16. The van der Waals surface area contributed by atoms with Crippen LogP contribution in [0.15, 0.2) is 0 Å². The molecule has 7 heteroatoms. The Morgan fingerprint density at radius 3 is 2.39 bits per heavy atom. The van der Waals surface area contributed by atoms with E-state index in [1.165, 1.54) is 0 Å². The Kier molecular flexibility index (Phi) is 5.11. The number of carboxylic acid groups (broad SMARTS) is 1. The highest BCUT2D eigenvalue weighted by atomic mass is 32.2. The van der Waals surface area contributed by atoms with E-state index in [2.05, 4.69) is 4.72 Å². The molecule has 2 N–H and O–H groups in total. The fraction of sp³-hybridized carbons (Fsp3) is 0.818. The largest absolute Gasteiger partial charge is 0.481 e. The van der Waals surface area contributed by atoms with Crippen molar-refractivity contribution in [3.05, 3.63) is 0 Å². The number of nitriles is 1. The molecule has 1 fully saturated rings. The van der Waals surface area contributed by atoms with Crippen molar-refractivity contribution in [2.24, 2.45) is 5.92 Å². The minimum Gasteiger partial charge on any atom is -0.481 e. The second-order valence-corrected chi connectivity index (χ2v) is 6.47. The highest BCUT2D eigenvalue weighted by molar-refractivity contribution is 7.90. The molecular weight excluding hydrogens is 256 g/mol. The number of rotatable bonds is 5. The van der Waals surface area contributed by atoms with Gasteiger partial charge in [0.1, 0.15) is 0 Å². The van der Waals surface area contributed by atoms with Gasteiger partial charge in [-0.2, -0.15) is 5.26 Å². The van der Waals surface area contributed by atoms with Crippen molar-refractivity contribution in [2.45, 2.75) is 50.3 Å². The Balaban J connectivity index is 2.56. The fourth-order valence-corrected chi connectivity index (χ4v) is 3.59. The number of hydrogen-bond donors (Lipinski definition) is 2. The summed E-state index contributed by atoms with van der Waals surface area (Å²) in [5.74, 6) is -1.19. The van der Waals surface area contributed by atoms with Gasteiger partial charge in [0, 0.05) is 6.04 Å². The molecule has 1 rings (SSSR count). The number of carbonyl (C=O) groups is 1. The predicted octanol–water partition coefficient (Wildman–Crippen LogP) is 0.851. The van der Waals surface area contributed by atoms with Gasteiger partial charge in [0.2, 0.25) is 10.0 Å². The molecule has 0 bridgehead atoms. The molecule has 0 heterocycles. The topological polar surface area (TPSA) is 107 Å². The molecule has 102 valence electrons. The molecule has 1 saturated carbocycles. The molecule has 0 spiro atoms. The number of nitrogens with one attached hydrogen (secondary N) is 1. The Morgan fingerprint density at radius 1 is 1.44 bits per heavy atom. The van der Waals surface area contributed by atoms with Crippen LogP contribution >= 0.6 is 0 Å². The lowest BCUT2D eigenvalue weighted by molar-refractivity contribution is -0.142. The van der Waals surface area contributed by atoms with Crippen molar-refractivity contribution < 1.29 is 18.3 Å². The van der Waals surface area contributed by atoms with Gasteiger partial charge in [-0.1, -0.05) is 6.92 Å². The summed E-state index contributed by atoms with van der Waals surface area (Å²) in [5.41, 5.74) is 0. The Bertz CT molecular complexity index is 432. The van der Waals surface area contributed by atoms with Crippen LogP contribution in [0.1, 0.15) is 39.0 Å². The number of carboxylic acids is 1. The fourth-order valence-electron chi connectivity index (χ4n) is 2.15. The normalized spacial score (nSPS) is 26.2. The van der Waals surface area contributed by atoms with E-state index >= 15 is 0 Å². The van der Waals surface area contributed by atoms with Crippen LogP contribution in [-0.4, -0.2) is 30.8 Å². The van der Waals surface area contributed by atoms with Crippen LogP contribution in [0, 0.1) is 17.2 Å². The minimum absolute atomic E-state index is 0.243. The molecule has 6 nitrogen and oxygen atoms in total. The second-order valence-electron chi connectivity index (χ2n) is 4.58. The first-order valence-corrected chi connectivity index (χ1v) is 7.59. The third-order valence-electron chi connectivity index (χ3n) is 3.30. The van der Waals surface area contributed by atoms with E-state index in [1.807, 2.05) is 0 Å².